The molecule has 130 valence electrons. The Kier molecular flexibility index (Phi) is 5.46. The van der Waals surface area contributed by atoms with Crippen LogP contribution < -0.4 is 5.32 Å². The summed E-state index contributed by atoms with van der Waals surface area (Å²) in [6.07, 6.45) is 1.85. The van der Waals surface area contributed by atoms with Gasteiger partial charge in [-0.1, -0.05) is 29.8 Å². The van der Waals surface area contributed by atoms with Crippen molar-refractivity contribution in [3.05, 3.63) is 65.2 Å². The average molecular weight is 336 g/mol. The molecule has 25 heavy (non-hydrogen) atoms. The third-order valence-corrected chi connectivity index (χ3v) is 4.31. The summed E-state index contributed by atoms with van der Waals surface area (Å²) < 4.78 is 0. The van der Waals surface area contributed by atoms with Crippen molar-refractivity contribution in [1.29, 1.82) is 0 Å². The van der Waals surface area contributed by atoms with Crippen molar-refractivity contribution in [2.24, 2.45) is 5.10 Å². The highest BCUT2D eigenvalue weighted by molar-refractivity contribution is 6.04. The number of piperazine rings is 1. The van der Waals surface area contributed by atoms with Gasteiger partial charge in [-0.2, -0.15) is 5.10 Å². The number of anilines is 1. The van der Waals surface area contributed by atoms with E-state index in [1.807, 2.05) is 61.7 Å². The third kappa shape index (κ3) is 4.90. The molecule has 0 radical (unpaired) electrons. The number of aryl methyl sites for hydroxylation is 1. The molecule has 2 aromatic carbocycles. The lowest BCUT2D eigenvalue weighted by Crippen LogP contribution is -2.41. The summed E-state index contributed by atoms with van der Waals surface area (Å²) in [5.41, 5.74) is 3.54. The summed E-state index contributed by atoms with van der Waals surface area (Å²) in [7, 11) is 2.13. The van der Waals surface area contributed by atoms with E-state index in [0.717, 1.165) is 43.0 Å². The first-order valence-electron chi connectivity index (χ1n) is 8.56. The molecular weight excluding hydrogens is 312 g/mol. The first kappa shape index (κ1) is 17.2. The van der Waals surface area contributed by atoms with Crippen LogP contribution in [0.15, 0.2) is 53.6 Å². The number of rotatable bonds is 4. The molecule has 1 fully saturated rings. The highest BCUT2D eigenvalue weighted by Gasteiger charge is 2.11. The zero-order valence-electron chi connectivity index (χ0n) is 14.8. The van der Waals surface area contributed by atoms with E-state index in [-0.39, 0.29) is 5.91 Å². The largest absolute Gasteiger partial charge is 0.322 e. The van der Waals surface area contributed by atoms with Crippen LogP contribution >= 0.6 is 0 Å². The number of carbonyl (C=O) groups is 1. The standard InChI is InChI=1S/C20H24N4O/c1-16-6-8-18(9-7-16)20(25)22-19-5-3-4-17(14-19)15-21-24-12-10-23(2)11-13-24/h3-9,14-15H,10-13H2,1-2H3,(H,22,25)/b21-15+. The van der Waals surface area contributed by atoms with Crippen molar-refractivity contribution >= 4 is 17.8 Å². The molecule has 0 spiro atoms. The van der Waals surface area contributed by atoms with Gasteiger partial charge in [0.1, 0.15) is 0 Å². The molecule has 1 amide bonds. The van der Waals surface area contributed by atoms with Gasteiger partial charge in [0.15, 0.2) is 0 Å². The van der Waals surface area contributed by atoms with Gasteiger partial charge < -0.3 is 10.2 Å². The number of carbonyl (C=O) groups excluding carboxylic acids is 1. The number of amides is 1. The van der Waals surface area contributed by atoms with Gasteiger partial charge in [0.05, 0.1) is 6.21 Å². The lowest BCUT2D eigenvalue weighted by molar-refractivity contribution is 0.102. The van der Waals surface area contributed by atoms with Crippen LogP contribution in [0.4, 0.5) is 5.69 Å². The van der Waals surface area contributed by atoms with E-state index < -0.39 is 0 Å². The molecule has 1 aliphatic rings. The van der Waals surface area contributed by atoms with Gasteiger partial charge in [-0.15, -0.1) is 0 Å². The molecule has 1 saturated heterocycles. The lowest BCUT2D eigenvalue weighted by atomic mass is 10.1. The Morgan fingerprint density at radius 3 is 2.52 bits per heavy atom. The summed E-state index contributed by atoms with van der Waals surface area (Å²) in [5.74, 6) is -0.104. The van der Waals surface area contributed by atoms with Crippen molar-refractivity contribution in [2.45, 2.75) is 6.92 Å². The molecule has 1 aliphatic heterocycles. The van der Waals surface area contributed by atoms with Crippen LogP contribution in [0.3, 0.4) is 0 Å². The zero-order valence-corrected chi connectivity index (χ0v) is 14.8. The molecule has 3 rings (SSSR count). The van der Waals surface area contributed by atoms with Crippen LogP contribution in [0.25, 0.3) is 0 Å². The lowest BCUT2D eigenvalue weighted by Gasteiger charge is -2.30. The van der Waals surface area contributed by atoms with Crippen LogP contribution in [0.2, 0.25) is 0 Å². The fourth-order valence-corrected chi connectivity index (χ4v) is 2.66. The summed E-state index contributed by atoms with van der Waals surface area (Å²) >= 11 is 0. The highest BCUT2D eigenvalue weighted by atomic mass is 16.1. The Morgan fingerprint density at radius 2 is 1.80 bits per heavy atom. The van der Waals surface area contributed by atoms with E-state index in [2.05, 4.69) is 27.4 Å². The Balaban J connectivity index is 1.63. The molecule has 5 heteroatoms. The smallest absolute Gasteiger partial charge is 0.255 e. The van der Waals surface area contributed by atoms with E-state index in [1.54, 1.807) is 0 Å². The Morgan fingerprint density at radius 1 is 1.08 bits per heavy atom. The number of benzene rings is 2. The van der Waals surface area contributed by atoms with Crippen molar-refractivity contribution < 1.29 is 4.79 Å². The maximum absolute atomic E-state index is 12.3. The number of hydrazone groups is 1. The second-order valence-electron chi connectivity index (χ2n) is 6.45. The molecule has 0 unspecified atom stereocenters. The third-order valence-electron chi connectivity index (χ3n) is 4.31. The van der Waals surface area contributed by atoms with Gasteiger partial charge in [-0.25, -0.2) is 0 Å². The minimum absolute atomic E-state index is 0.104. The van der Waals surface area contributed by atoms with Crippen LogP contribution in [-0.4, -0.2) is 55.3 Å². The average Bonchev–Trinajstić information content (AvgIpc) is 2.62. The Bertz CT molecular complexity index is 747. The topological polar surface area (TPSA) is 47.9 Å². The van der Waals surface area contributed by atoms with E-state index in [0.29, 0.717) is 5.56 Å². The molecule has 0 bridgehead atoms. The normalized spacial score (nSPS) is 15.5. The van der Waals surface area contributed by atoms with Gasteiger partial charge in [0.2, 0.25) is 0 Å². The second kappa shape index (κ2) is 7.94. The van der Waals surface area contributed by atoms with Gasteiger partial charge >= 0.3 is 0 Å². The molecule has 2 aromatic rings. The van der Waals surface area contributed by atoms with Gasteiger partial charge in [0.25, 0.3) is 5.91 Å². The summed E-state index contributed by atoms with van der Waals surface area (Å²) in [4.78, 5) is 14.6. The van der Waals surface area contributed by atoms with E-state index in [1.165, 1.54) is 0 Å². The fourth-order valence-electron chi connectivity index (χ4n) is 2.66. The second-order valence-corrected chi connectivity index (χ2v) is 6.45. The molecular formula is C20H24N4O. The fraction of sp³-hybridized carbons (Fsp3) is 0.300. The monoisotopic (exact) mass is 336 g/mol. The van der Waals surface area contributed by atoms with Crippen molar-refractivity contribution in [3.63, 3.8) is 0 Å². The summed E-state index contributed by atoms with van der Waals surface area (Å²) in [6, 6.07) is 15.3. The van der Waals surface area contributed by atoms with Crippen LogP contribution in [-0.2, 0) is 0 Å². The molecule has 0 atom stereocenters. The van der Waals surface area contributed by atoms with Crippen molar-refractivity contribution in [1.82, 2.24) is 9.91 Å². The molecule has 0 saturated carbocycles. The minimum Gasteiger partial charge on any atom is -0.322 e. The minimum atomic E-state index is -0.104. The van der Waals surface area contributed by atoms with Crippen LogP contribution in [0, 0.1) is 6.92 Å². The molecule has 0 aliphatic carbocycles. The quantitative estimate of drug-likeness (QED) is 0.874. The maximum Gasteiger partial charge on any atom is 0.255 e. The van der Waals surface area contributed by atoms with E-state index in [9.17, 15) is 4.79 Å². The maximum atomic E-state index is 12.3. The zero-order chi connectivity index (χ0) is 17.6. The van der Waals surface area contributed by atoms with E-state index >= 15 is 0 Å². The predicted octanol–water partition coefficient (Wildman–Crippen LogP) is 2.83. The van der Waals surface area contributed by atoms with Gasteiger partial charge in [0, 0.05) is 37.4 Å². The van der Waals surface area contributed by atoms with E-state index in [4.69, 9.17) is 0 Å². The first-order chi connectivity index (χ1) is 12.1. The molecule has 1 heterocycles. The highest BCUT2D eigenvalue weighted by Crippen LogP contribution is 2.12. The van der Waals surface area contributed by atoms with Crippen LogP contribution in [0.1, 0.15) is 21.5 Å². The van der Waals surface area contributed by atoms with Crippen LogP contribution in [0.5, 0.6) is 0 Å². The van der Waals surface area contributed by atoms with Crippen molar-refractivity contribution in [3.8, 4) is 0 Å². The number of hydrogen-bond acceptors (Lipinski definition) is 4. The number of likely N-dealkylation sites (N-methyl/N-ethyl adjacent to an activating group) is 1. The Hall–Kier alpha value is -2.66. The molecule has 1 N–H and O–H groups in total. The SMILES string of the molecule is Cc1ccc(C(=O)Nc2cccc(/C=N/N3CCN(C)CC3)c2)cc1. The number of nitrogens with one attached hydrogen (secondary N) is 1. The van der Waals surface area contributed by atoms with Gasteiger partial charge in [-0.05, 0) is 43.8 Å². The molecule has 5 nitrogen and oxygen atoms in total. The van der Waals surface area contributed by atoms with Crippen molar-refractivity contribution in [2.75, 3.05) is 38.5 Å². The Labute approximate surface area is 148 Å². The predicted molar refractivity (Wildman–Crippen MR) is 102 cm³/mol. The number of nitrogens with zero attached hydrogens (tertiary/aromatic N) is 3. The molecule has 0 aromatic heterocycles. The number of hydrogen-bond donors (Lipinski definition) is 1. The first-order valence-corrected chi connectivity index (χ1v) is 8.56. The summed E-state index contributed by atoms with van der Waals surface area (Å²) in [5, 5.41) is 9.57. The van der Waals surface area contributed by atoms with Gasteiger partial charge in [-0.3, -0.25) is 9.80 Å². The summed E-state index contributed by atoms with van der Waals surface area (Å²) in [6.45, 7) is 5.95.